The molecule has 0 saturated carbocycles. The van der Waals surface area contributed by atoms with Crippen LogP contribution in [0.3, 0.4) is 0 Å². The van der Waals surface area contributed by atoms with Crippen molar-refractivity contribution in [2.45, 2.75) is 46.6 Å². The van der Waals surface area contributed by atoms with Crippen molar-refractivity contribution >= 4 is 5.82 Å². The molecule has 19 heavy (non-hydrogen) atoms. The van der Waals surface area contributed by atoms with Gasteiger partial charge in [-0.25, -0.2) is 9.97 Å². The molecule has 0 atom stereocenters. The van der Waals surface area contributed by atoms with Crippen molar-refractivity contribution in [2.24, 2.45) is 5.41 Å². The number of hydrogen-bond donors (Lipinski definition) is 1. The van der Waals surface area contributed by atoms with Gasteiger partial charge in [0.1, 0.15) is 11.6 Å². The third kappa shape index (κ3) is 4.16. The van der Waals surface area contributed by atoms with Crippen molar-refractivity contribution in [3.05, 3.63) is 17.6 Å². The molecule has 1 aliphatic heterocycles. The van der Waals surface area contributed by atoms with Gasteiger partial charge in [-0.2, -0.15) is 0 Å². The second-order valence-corrected chi connectivity index (χ2v) is 6.35. The van der Waals surface area contributed by atoms with Gasteiger partial charge in [-0.3, -0.25) is 4.90 Å². The zero-order valence-corrected chi connectivity index (χ0v) is 12.7. The molecule has 2 rings (SSSR count). The summed E-state index contributed by atoms with van der Waals surface area (Å²) in [5.74, 6) is 1.85. The first-order valence-corrected chi connectivity index (χ1v) is 7.23. The summed E-state index contributed by atoms with van der Waals surface area (Å²) < 4.78 is 0. The van der Waals surface area contributed by atoms with Crippen LogP contribution in [0.25, 0.3) is 0 Å². The van der Waals surface area contributed by atoms with Crippen LogP contribution >= 0.6 is 0 Å². The molecule has 0 aliphatic carbocycles. The van der Waals surface area contributed by atoms with E-state index in [1.54, 1.807) is 0 Å². The summed E-state index contributed by atoms with van der Waals surface area (Å²) >= 11 is 0. The second-order valence-electron chi connectivity index (χ2n) is 6.35. The number of nitrogens with zero attached hydrogens (tertiary/aromatic N) is 3. The van der Waals surface area contributed by atoms with Crippen LogP contribution in [0, 0.1) is 12.3 Å². The van der Waals surface area contributed by atoms with Crippen LogP contribution in [0.4, 0.5) is 5.82 Å². The standard InChI is InChI=1S/C15H26N4/c1-12-10-13(16-4)18-14(17-12)11-19-8-5-6-15(2,3)7-9-19/h10H,5-9,11H2,1-4H3,(H,16,17,18). The Balaban J connectivity index is 2.02. The number of rotatable bonds is 3. The van der Waals surface area contributed by atoms with E-state index in [0.29, 0.717) is 5.41 Å². The van der Waals surface area contributed by atoms with Gasteiger partial charge in [0.25, 0.3) is 0 Å². The third-order valence-corrected chi connectivity index (χ3v) is 3.95. The Morgan fingerprint density at radius 2 is 2.05 bits per heavy atom. The van der Waals surface area contributed by atoms with E-state index in [4.69, 9.17) is 0 Å². The lowest BCUT2D eigenvalue weighted by atomic mass is 9.85. The average molecular weight is 262 g/mol. The molecule has 0 bridgehead atoms. The van der Waals surface area contributed by atoms with Gasteiger partial charge in [-0.15, -0.1) is 0 Å². The number of aromatic nitrogens is 2. The van der Waals surface area contributed by atoms with Crippen LogP contribution in [0.15, 0.2) is 6.07 Å². The SMILES string of the molecule is CNc1cc(C)nc(CN2CCCC(C)(C)CC2)n1. The van der Waals surface area contributed by atoms with Crippen molar-refractivity contribution in [2.75, 3.05) is 25.5 Å². The molecule has 2 heterocycles. The lowest BCUT2D eigenvalue weighted by molar-refractivity contribution is 0.251. The van der Waals surface area contributed by atoms with Crippen LogP contribution in [0.5, 0.6) is 0 Å². The highest BCUT2D eigenvalue weighted by Crippen LogP contribution is 2.30. The molecular formula is C15H26N4. The lowest BCUT2D eigenvalue weighted by Gasteiger charge is -2.23. The average Bonchev–Trinajstić information content (AvgIpc) is 2.50. The van der Waals surface area contributed by atoms with Gasteiger partial charge in [0.15, 0.2) is 0 Å². The largest absolute Gasteiger partial charge is 0.373 e. The number of likely N-dealkylation sites (tertiary alicyclic amines) is 1. The highest BCUT2D eigenvalue weighted by molar-refractivity contribution is 5.34. The summed E-state index contributed by atoms with van der Waals surface area (Å²) in [6.45, 7) is 9.95. The quantitative estimate of drug-likeness (QED) is 0.909. The third-order valence-electron chi connectivity index (χ3n) is 3.95. The predicted octanol–water partition coefficient (Wildman–Crippen LogP) is 2.84. The molecule has 4 heteroatoms. The number of aryl methyl sites for hydroxylation is 1. The highest BCUT2D eigenvalue weighted by atomic mass is 15.2. The van der Waals surface area contributed by atoms with Crippen molar-refractivity contribution in [1.29, 1.82) is 0 Å². The summed E-state index contributed by atoms with van der Waals surface area (Å²) in [7, 11) is 1.90. The maximum atomic E-state index is 4.55. The van der Waals surface area contributed by atoms with E-state index in [0.717, 1.165) is 37.0 Å². The molecule has 0 radical (unpaired) electrons. The molecule has 1 aromatic rings. The van der Waals surface area contributed by atoms with Gasteiger partial charge in [-0.05, 0) is 44.7 Å². The second kappa shape index (κ2) is 5.87. The van der Waals surface area contributed by atoms with E-state index < -0.39 is 0 Å². The Labute approximate surface area is 116 Å². The number of anilines is 1. The van der Waals surface area contributed by atoms with E-state index in [2.05, 4.69) is 34.0 Å². The van der Waals surface area contributed by atoms with Gasteiger partial charge >= 0.3 is 0 Å². The van der Waals surface area contributed by atoms with E-state index in [1.807, 2.05) is 20.0 Å². The minimum Gasteiger partial charge on any atom is -0.373 e. The van der Waals surface area contributed by atoms with Gasteiger partial charge in [0, 0.05) is 18.8 Å². The Hall–Kier alpha value is -1.16. The molecule has 4 nitrogen and oxygen atoms in total. The topological polar surface area (TPSA) is 41.1 Å². The van der Waals surface area contributed by atoms with Crippen LogP contribution in [-0.4, -0.2) is 35.0 Å². The zero-order chi connectivity index (χ0) is 13.9. The number of hydrogen-bond acceptors (Lipinski definition) is 4. The zero-order valence-electron chi connectivity index (χ0n) is 12.7. The van der Waals surface area contributed by atoms with E-state index in [-0.39, 0.29) is 0 Å². The molecule has 1 fully saturated rings. The fourth-order valence-corrected chi connectivity index (χ4v) is 2.67. The minimum absolute atomic E-state index is 0.484. The molecule has 0 unspecified atom stereocenters. The summed E-state index contributed by atoms with van der Waals surface area (Å²) in [5, 5.41) is 3.10. The summed E-state index contributed by atoms with van der Waals surface area (Å²) in [4.78, 5) is 11.6. The number of nitrogens with one attached hydrogen (secondary N) is 1. The van der Waals surface area contributed by atoms with Crippen LogP contribution in [0.1, 0.15) is 44.6 Å². The molecule has 0 spiro atoms. The Morgan fingerprint density at radius 1 is 1.26 bits per heavy atom. The molecule has 1 saturated heterocycles. The maximum Gasteiger partial charge on any atom is 0.144 e. The van der Waals surface area contributed by atoms with Crippen LogP contribution in [0.2, 0.25) is 0 Å². The smallest absolute Gasteiger partial charge is 0.144 e. The predicted molar refractivity (Wildman–Crippen MR) is 79.2 cm³/mol. The van der Waals surface area contributed by atoms with Crippen molar-refractivity contribution in [3.8, 4) is 0 Å². The Kier molecular flexibility index (Phi) is 4.40. The molecule has 0 aromatic carbocycles. The first kappa shape index (κ1) is 14.3. The summed E-state index contributed by atoms with van der Waals surface area (Å²) in [5.41, 5.74) is 1.52. The van der Waals surface area contributed by atoms with Crippen molar-refractivity contribution in [3.63, 3.8) is 0 Å². The normalized spacial score (nSPS) is 20.0. The molecule has 0 amide bonds. The first-order valence-electron chi connectivity index (χ1n) is 7.23. The summed E-state index contributed by atoms with van der Waals surface area (Å²) in [6.07, 6.45) is 3.86. The van der Waals surface area contributed by atoms with Gasteiger partial charge < -0.3 is 5.32 Å². The maximum absolute atomic E-state index is 4.55. The van der Waals surface area contributed by atoms with E-state index in [9.17, 15) is 0 Å². The first-order chi connectivity index (χ1) is 8.98. The highest BCUT2D eigenvalue weighted by Gasteiger charge is 2.23. The molecule has 106 valence electrons. The van der Waals surface area contributed by atoms with Crippen LogP contribution in [-0.2, 0) is 6.54 Å². The summed E-state index contributed by atoms with van der Waals surface area (Å²) in [6, 6.07) is 1.98. The van der Waals surface area contributed by atoms with Crippen LogP contribution < -0.4 is 5.32 Å². The van der Waals surface area contributed by atoms with Gasteiger partial charge in [-0.1, -0.05) is 13.8 Å². The minimum atomic E-state index is 0.484. The molecule has 1 aromatic heterocycles. The monoisotopic (exact) mass is 262 g/mol. The van der Waals surface area contributed by atoms with Gasteiger partial charge in [0.05, 0.1) is 6.54 Å². The van der Waals surface area contributed by atoms with Gasteiger partial charge in [0.2, 0.25) is 0 Å². The lowest BCUT2D eigenvalue weighted by Crippen LogP contribution is -2.26. The molecule has 1 N–H and O–H groups in total. The fourth-order valence-electron chi connectivity index (χ4n) is 2.67. The van der Waals surface area contributed by atoms with E-state index in [1.165, 1.54) is 19.3 Å². The Bertz CT molecular complexity index is 428. The fraction of sp³-hybridized carbons (Fsp3) is 0.733. The Morgan fingerprint density at radius 3 is 2.79 bits per heavy atom. The van der Waals surface area contributed by atoms with E-state index >= 15 is 0 Å². The molecule has 1 aliphatic rings. The van der Waals surface area contributed by atoms with Crippen molar-refractivity contribution < 1.29 is 0 Å². The molecular weight excluding hydrogens is 236 g/mol. The van der Waals surface area contributed by atoms with Crippen molar-refractivity contribution in [1.82, 2.24) is 14.9 Å².